The summed E-state index contributed by atoms with van der Waals surface area (Å²) in [5.74, 6) is -2.05. The van der Waals surface area contributed by atoms with Crippen molar-refractivity contribution in [2.24, 2.45) is 0 Å². The van der Waals surface area contributed by atoms with Crippen molar-refractivity contribution in [3.05, 3.63) is 97.2 Å². The average molecular weight is 919 g/mol. The van der Waals surface area contributed by atoms with Crippen LogP contribution in [0.5, 0.6) is 0 Å². The highest BCUT2D eigenvalue weighted by atomic mass is 32.2. The van der Waals surface area contributed by atoms with Gasteiger partial charge in [-0.25, -0.2) is 0 Å². The summed E-state index contributed by atoms with van der Waals surface area (Å²) in [6.45, 7) is 3.49. The lowest BCUT2D eigenvalue weighted by Crippen LogP contribution is -2.60. The van der Waals surface area contributed by atoms with Crippen molar-refractivity contribution < 1.29 is 56.8 Å². The Labute approximate surface area is 385 Å². The fourth-order valence-electron chi connectivity index (χ4n) is 6.54. The van der Waals surface area contributed by atoms with Crippen LogP contribution in [0.25, 0.3) is 0 Å². The van der Waals surface area contributed by atoms with Gasteiger partial charge in [0.15, 0.2) is 12.4 Å². The molecule has 6 unspecified atom stereocenters. The normalized spacial score (nSPS) is 20.5. The van der Waals surface area contributed by atoms with Crippen molar-refractivity contribution in [3.63, 3.8) is 0 Å². The monoisotopic (exact) mass is 919 g/mol. The number of aliphatic hydroxyl groups is 3. The minimum Gasteiger partial charge on any atom is -0.462 e. The van der Waals surface area contributed by atoms with Crippen LogP contribution in [0.4, 0.5) is 0 Å². The van der Waals surface area contributed by atoms with Crippen LogP contribution in [0.2, 0.25) is 0 Å². The van der Waals surface area contributed by atoms with Crippen LogP contribution < -0.4 is 0 Å². The molecule has 0 aromatic rings. The lowest BCUT2D eigenvalue weighted by atomic mass is 10.00. The third kappa shape index (κ3) is 34.0. The zero-order chi connectivity index (χ0) is 46.9. The summed E-state index contributed by atoms with van der Waals surface area (Å²) >= 11 is 0. The van der Waals surface area contributed by atoms with Crippen molar-refractivity contribution >= 4 is 22.1 Å². The molecule has 1 rings (SSSR count). The molecule has 1 aliphatic heterocycles. The lowest BCUT2D eigenvalue weighted by molar-refractivity contribution is -0.297. The molecule has 0 amide bonds. The molecule has 364 valence electrons. The second kappa shape index (κ2) is 39.9. The number of aliphatic hydroxyl groups excluding tert-OH is 3. The van der Waals surface area contributed by atoms with Gasteiger partial charge in [0, 0.05) is 12.8 Å². The first kappa shape index (κ1) is 58.6. The van der Waals surface area contributed by atoms with Crippen LogP contribution in [0, 0.1) is 0 Å². The number of allylic oxidation sites excluding steroid dienone is 16. The zero-order valence-electron chi connectivity index (χ0n) is 38.8. The van der Waals surface area contributed by atoms with Crippen molar-refractivity contribution in [1.29, 1.82) is 0 Å². The molecule has 0 aliphatic carbocycles. The highest BCUT2D eigenvalue weighted by molar-refractivity contribution is 7.85. The van der Waals surface area contributed by atoms with Crippen molar-refractivity contribution in [2.45, 2.75) is 192 Å². The average Bonchev–Trinajstić information content (AvgIpc) is 3.26. The molecule has 1 saturated heterocycles. The van der Waals surface area contributed by atoms with Gasteiger partial charge in [0.2, 0.25) is 0 Å². The first-order valence-corrected chi connectivity index (χ1v) is 25.4. The van der Waals surface area contributed by atoms with Gasteiger partial charge in [-0.05, 0) is 89.9 Å². The molecule has 1 fully saturated rings. The van der Waals surface area contributed by atoms with E-state index in [-0.39, 0.29) is 19.4 Å². The van der Waals surface area contributed by atoms with Crippen LogP contribution in [0.3, 0.4) is 0 Å². The third-order valence-electron chi connectivity index (χ3n) is 10.2. The molecule has 0 saturated carbocycles. The van der Waals surface area contributed by atoms with Crippen LogP contribution >= 0.6 is 0 Å². The second-order valence-electron chi connectivity index (χ2n) is 16.0. The maximum absolute atomic E-state index is 12.8. The van der Waals surface area contributed by atoms with Crippen molar-refractivity contribution in [3.8, 4) is 0 Å². The van der Waals surface area contributed by atoms with Gasteiger partial charge in [0.1, 0.15) is 36.8 Å². The van der Waals surface area contributed by atoms with Gasteiger partial charge in [0.25, 0.3) is 10.1 Å². The van der Waals surface area contributed by atoms with E-state index in [0.29, 0.717) is 12.8 Å². The van der Waals surface area contributed by atoms with Crippen LogP contribution in [0.15, 0.2) is 97.2 Å². The van der Waals surface area contributed by atoms with E-state index in [1.807, 2.05) is 0 Å². The molecule has 12 nitrogen and oxygen atoms in total. The van der Waals surface area contributed by atoms with E-state index in [4.69, 9.17) is 18.9 Å². The third-order valence-corrected chi connectivity index (χ3v) is 10.9. The van der Waals surface area contributed by atoms with E-state index in [9.17, 15) is 37.9 Å². The largest absolute Gasteiger partial charge is 0.462 e. The number of rotatable bonds is 38. The van der Waals surface area contributed by atoms with E-state index < -0.39 is 71.2 Å². The van der Waals surface area contributed by atoms with E-state index in [0.717, 1.165) is 116 Å². The number of hydrogen-bond donors (Lipinski definition) is 4. The molecule has 1 heterocycles. The predicted molar refractivity (Wildman–Crippen MR) is 256 cm³/mol. The van der Waals surface area contributed by atoms with E-state index in [1.54, 1.807) is 0 Å². The number of carbonyl (C=O) groups is 2. The molecule has 0 aromatic heterocycles. The molecular weight excluding hydrogens is 837 g/mol. The van der Waals surface area contributed by atoms with Crippen LogP contribution in [-0.4, -0.2) is 96.0 Å². The molecule has 6 atom stereocenters. The Balaban J connectivity index is 2.46. The van der Waals surface area contributed by atoms with Gasteiger partial charge in [-0.2, -0.15) is 8.42 Å². The smallest absolute Gasteiger partial charge is 0.306 e. The highest BCUT2D eigenvalue weighted by Crippen LogP contribution is 2.24. The topological polar surface area (TPSA) is 186 Å². The Kier molecular flexibility index (Phi) is 36.5. The van der Waals surface area contributed by atoms with Crippen molar-refractivity contribution in [1.82, 2.24) is 0 Å². The maximum atomic E-state index is 12.8. The second-order valence-corrected chi connectivity index (χ2v) is 17.5. The van der Waals surface area contributed by atoms with Gasteiger partial charge in [-0.3, -0.25) is 14.1 Å². The number of unbranched alkanes of at least 4 members (excludes halogenated alkanes) is 10. The summed E-state index contributed by atoms with van der Waals surface area (Å²) < 4.78 is 54.1. The summed E-state index contributed by atoms with van der Waals surface area (Å²) in [5.41, 5.74) is 0. The Bertz CT molecular complexity index is 1540. The van der Waals surface area contributed by atoms with Gasteiger partial charge >= 0.3 is 11.9 Å². The number of carbonyl (C=O) groups excluding carboxylic acids is 2. The fourth-order valence-corrected chi connectivity index (χ4v) is 7.23. The maximum Gasteiger partial charge on any atom is 0.306 e. The van der Waals surface area contributed by atoms with Gasteiger partial charge < -0.3 is 34.3 Å². The van der Waals surface area contributed by atoms with E-state index in [2.05, 4.69) is 111 Å². The number of ether oxygens (including phenoxy) is 4. The predicted octanol–water partition coefficient (Wildman–Crippen LogP) is 10.2. The molecule has 1 aliphatic rings. The molecule has 4 N–H and O–H groups in total. The van der Waals surface area contributed by atoms with Gasteiger partial charge in [-0.15, -0.1) is 0 Å². The summed E-state index contributed by atoms with van der Waals surface area (Å²) in [5, 5.41) is 30.9. The van der Waals surface area contributed by atoms with Gasteiger partial charge in [-0.1, -0.05) is 150 Å². The zero-order valence-corrected chi connectivity index (χ0v) is 39.7. The summed E-state index contributed by atoms with van der Waals surface area (Å²) in [4.78, 5) is 25.5. The first-order valence-electron chi connectivity index (χ1n) is 23.8. The molecule has 0 spiro atoms. The standard InChI is InChI=1S/C51H82O12S/c1-3-5-7-9-11-13-15-17-19-21-22-24-26-28-30-32-34-36-38-40-47(53)62-44(42-61-51-50(56)49(55)48(54)45(63-51)43-64(57,58)59)41-60-46(52)39-37-35-33-31-29-27-25-23-20-18-16-14-12-10-8-6-4-2/h5-8,11-14,17-20,22,24-25,27,44-45,48-51,54-56H,3-4,9-10,15-16,21,23,26,28-43H2,1-2H3,(H,57,58,59)/b7-5-,8-6-,13-11-,14-12-,19-17-,20-18-,24-22-,27-25-. The number of esters is 2. The summed E-state index contributed by atoms with van der Waals surface area (Å²) in [6, 6.07) is 0. The molecule has 0 bridgehead atoms. The first-order chi connectivity index (χ1) is 31.0. The Morgan fingerprint density at radius 2 is 0.938 bits per heavy atom. The lowest BCUT2D eigenvalue weighted by Gasteiger charge is -2.40. The Morgan fingerprint density at radius 1 is 0.531 bits per heavy atom. The van der Waals surface area contributed by atoms with Crippen molar-refractivity contribution in [2.75, 3.05) is 19.0 Å². The minimum absolute atomic E-state index is 0.136. The van der Waals surface area contributed by atoms with E-state index >= 15 is 0 Å². The molecule has 0 aromatic carbocycles. The van der Waals surface area contributed by atoms with Gasteiger partial charge in [0.05, 0.1) is 6.61 Å². The van der Waals surface area contributed by atoms with Crippen LogP contribution in [-0.2, 0) is 38.7 Å². The Morgan fingerprint density at radius 3 is 1.39 bits per heavy atom. The number of hydrogen-bond acceptors (Lipinski definition) is 11. The molecule has 13 heteroatoms. The summed E-state index contributed by atoms with van der Waals surface area (Å²) in [7, 11) is -4.62. The quantitative estimate of drug-likeness (QED) is 0.0199. The SMILES string of the molecule is CC/C=C\C/C=C\C/C=C\C/C=C\CCCCCCCCC(=O)OC(COC(=O)CCCCCC/C=C\C/C=C\C/C=C\C/C=C\CC)COC1OC(CS(=O)(=O)O)C(O)C(O)C1O. The van der Waals surface area contributed by atoms with E-state index in [1.165, 1.54) is 0 Å². The van der Waals surface area contributed by atoms with Crippen LogP contribution in [0.1, 0.15) is 155 Å². The fraction of sp³-hybridized carbons (Fsp3) is 0.647. The molecule has 0 radical (unpaired) electrons. The summed E-state index contributed by atoms with van der Waals surface area (Å²) in [6.07, 6.45) is 44.4. The molecule has 64 heavy (non-hydrogen) atoms. The Hall–Kier alpha value is -3.43. The minimum atomic E-state index is -4.62. The highest BCUT2D eigenvalue weighted by Gasteiger charge is 2.46. The molecular formula is C51H82O12S.